The van der Waals surface area contributed by atoms with Gasteiger partial charge in [-0.15, -0.1) is 0 Å². The van der Waals surface area contributed by atoms with E-state index in [1.54, 1.807) is 6.08 Å². The van der Waals surface area contributed by atoms with E-state index in [9.17, 15) is 4.39 Å². The van der Waals surface area contributed by atoms with Gasteiger partial charge >= 0.3 is 0 Å². The lowest BCUT2D eigenvalue weighted by atomic mass is 10.2. The highest BCUT2D eigenvalue weighted by molar-refractivity contribution is 5.26. The molecule has 0 unspecified atom stereocenters. The van der Waals surface area contributed by atoms with E-state index in [2.05, 4.69) is 6.58 Å². The molecule has 0 heterocycles. The van der Waals surface area contributed by atoms with Crippen LogP contribution in [0.25, 0.3) is 0 Å². The minimum absolute atomic E-state index is 0.333. The first-order valence-electron chi connectivity index (χ1n) is 5.39. The fraction of sp³-hybridized carbons (Fsp3) is 0.538. The molecule has 0 N–H and O–H groups in total. The smallest absolute Gasteiger partial charge is 0.119 e. The number of hydrogen-bond acceptors (Lipinski definition) is 0. The lowest BCUT2D eigenvalue weighted by Gasteiger charge is -1.95. The quantitative estimate of drug-likeness (QED) is 0.532. The second-order valence-electron chi connectivity index (χ2n) is 1.98. The molecule has 0 fully saturated rings. The van der Waals surface area contributed by atoms with Gasteiger partial charge in [0.25, 0.3) is 0 Å². The molecule has 14 heavy (non-hydrogen) atoms. The van der Waals surface area contributed by atoms with Crippen molar-refractivity contribution in [2.45, 2.75) is 48.0 Å². The Bertz CT molecular complexity index is 164. The van der Waals surface area contributed by atoms with Crippen molar-refractivity contribution in [1.82, 2.24) is 0 Å². The highest BCUT2D eigenvalue weighted by atomic mass is 19.1. The van der Waals surface area contributed by atoms with E-state index in [1.165, 1.54) is 0 Å². The first-order valence-corrected chi connectivity index (χ1v) is 5.39. The zero-order valence-corrected chi connectivity index (χ0v) is 10.5. The Morgan fingerprint density at radius 1 is 1.21 bits per heavy atom. The average molecular weight is 200 g/mol. The largest absolute Gasteiger partial charge is 0.207 e. The van der Waals surface area contributed by atoms with Crippen molar-refractivity contribution < 1.29 is 4.39 Å². The Morgan fingerprint density at radius 2 is 1.64 bits per heavy atom. The Kier molecular flexibility index (Phi) is 24.3. The van der Waals surface area contributed by atoms with Crippen molar-refractivity contribution in [2.75, 3.05) is 0 Å². The summed E-state index contributed by atoms with van der Waals surface area (Å²) in [5, 5.41) is 0. The summed E-state index contributed by atoms with van der Waals surface area (Å²) in [4.78, 5) is 0. The molecule has 0 aliphatic carbocycles. The molecule has 84 valence electrons. The topological polar surface area (TPSA) is 0 Å². The standard InChI is InChI=1S/C9H13F.2C2H6/c1-4-6-7-9(5-2)8(3)10;2*1-2/h4,6-7H,3,5H2,1-2H3;2*1-2H3/b6-4-,9-7-;;. The van der Waals surface area contributed by atoms with E-state index >= 15 is 0 Å². The van der Waals surface area contributed by atoms with Crippen molar-refractivity contribution in [3.05, 3.63) is 36.2 Å². The number of rotatable bonds is 3. The molecule has 0 rings (SSSR count). The van der Waals surface area contributed by atoms with Crippen LogP contribution < -0.4 is 0 Å². The second kappa shape index (κ2) is 18.0. The monoisotopic (exact) mass is 200 g/mol. The van der Waals surface area contributed by atoms with Gasteiger partial charge in [-0.3, -0.25) is 0 Å². The van der Waals surface area contributed by atoms with Crippen LogP contribution in [-0.4, -0.2) is 0 Å². The molecule has 0 aromatic rings. The van der Waals surface area contributed by atoms with Crippen LogP contribution in [0.5, 0.6) is 0 Å². The maximum Gasteiger partial charge on any atom is 0.119 e. The molecule has 0 spiro atoms. The predicted octanol–water partition coefficient (Wildman–Crippen LogP) is 5.43. The van der Waals surface area contributed by atoms with Gasteiger partial charge in [-0.05, 0) is 18.9 Å². The van der Waals surface area contributed by atoms with Crippen LogP contribution in [0.4, 0.5) is 4.39 Å². The van der Waals surface area contributed by atoms with E-state index < -0.39 is 0 Å². The SMILES string of the molecule is C=C(F)/C(=C\C=C/C)CC.CC.CC. The normalized spacial score (nSPS) is 9.79. The summed E-state index contributed by atoms with van der Waals surface area (Å²) < 4.78 is 12.4. The van der Waals surface area contributed by atoms with Gasteiger partial charge in [0.05, 0.1) is 0 Å². The van der Waals surface area contributed by atoms with Crippen LogP contribution in [0.15, 0.2) is 36.2 Å². The lowest BCUT2D eigenvalue weighted by molar-refractivity contribution is 0.647. The number of halogens is 1. The van der Waals surface area contributed by atoms with Gasteiger partial charge < -0.3 is 0 Å². The van der Waals surface area contributed by atoms with Crippen molar-refractivity contribution in [1.29, 1.82) is 0 Å². The van der Waals surface area contributed by atoms with Crippen LogP contribution in [0.1, 0.15) is 48.0 Å². The molecule has 0 radical (unpaired) electrons. The minimum atomic E-state index is -0.333. The van der Waals surface area contributed by atoms with E-state index in [-0.39, 0.29) is 5.83 Å². The molecule has 1 heteroatoms. The Hall–Kier alpha value is -0.850. The van der Waals surface area contributed by atoms with Gasteiger partial charge in [0, 0.05) is 0 Å². The fourth-order valence-electron chi connectivity index (χ4n) is 0.612. The summed E-state index contributed by atoms with van der Waals surface area (Å²) in [6.45, 7) is 15.0. The zero-order chi connectivity index (χ0) is 12.0. The first kappa shape index (κ1) is 18.8. The van der Waals surface area contributed by atoms with Gasteiger partial charge in [0.2, 0.25) is 0 Å². The number of allylic oxidation sites excluding steroid dienone is 5. The third-order valence-electron chi connectivity index (χ3n) is 1.22. The van der Waals surface area contributed by atoms with Crippen LogP contribution >= 0.6 is 0 Å². The van der Waals surface area contributed by atoms with E-state index in [4.69, 9.17) is 0 Å². The molecule has 0 amide bonds. The summed E-state index contributed by atoms with van der Waals surface area (Å²) in [5.74, 6) is -0.333. The molecule has 0 aliphatic heterocycles. The van der Waals surface area contributed by atoms with Gasteiger partial charge in [0.15, 0.2) is 0 Å². The third kappa shape index (κ3) is 13.7. The summed E-state index contributed by atoms with van der Waals surface area (Å²) in [7, 11) is 0. The maximum atomic E-state index is 12.4. The molecule has 0 bridgehead atoms. The highest BCUT2D eigenvalue weighted by Crippen LogP contribution is 2.12. The minimum Gasteiger partial charge on any atom is -0.207 e. The predicted molar refractivity (Wildman–Crippen MR) is 66.1 cm³/mol. The molecule has 0 nitrogen and oxygen atoms in total. The van der Waals surface area contributed by atoms with Gasteiger partial charge in [0.1, 0.15) is 5.83 Å². The Balaban J connectivity index is -0.000000266. The first-order chi connectivity index (χ1) is 6.72. The van der Waals surface area contributed by atoms with Crippen molar-refractivity contribution in [3.8, 4) is 0 Å². The van der Waals surface area contributed by atoms with Crippen molar-refractivity contribution >= 4 is 0 Å². The van der Waals surface area contributed by atoms with E-state index in [0.29, 0.717) is 12.0 Å². The molecule has 0 atom stereocenters. The van der Waals surface area contributed by atoms with Crippen molar-refractivity contribution in [3.63, 3.8) is 0 Å². The van der Waals surface area contributed by atoms with E-state index in [0.717, 1.165) is 0 Å². The highest BCUT2D eigenvalue weighted by Gasteiger charge is 1.94. The lowest BCUT2D eigenvalue weighted by Crippen LogP contribution is -1.77. The zero-order valence-electron chi connectivity index (χ0n) is 10.5. The van der Waals surface area contributed by atoms with Crippen molar-refractivity contribution in [2.24, 2.45) is 0 Å². The summed E-state index contributed by atoms with van der Waals surface area (Å²) >= 11 is 0. The van der Waals surface area contributed by atoms with Gasteiger partial charge in [-0.1, -0.05) is 59.4 Å². The number of hydrogen-bond donors (Lipinski definition) is 0. The molecule has 0 aromatic carbocycles. The second-order valence-corrected chi connectivity index (χ2v) is 1.98. The molecule has 0 saturated heterocycles. The maximum absolute atomic E-state index is 12.4. The van der Waals surface area contributed by atoms with Crippen LogP contribution in [-0.2, 0) is 0 Å². The van der Waals surface area contributed by atoms with Crippen LogP contribution in [0.2, 0.25) is 0 Å². The van der Waals surface area contributed by atoms with Crippen LogP contribution in [0, 0.1) is 0 Å². The fourth-order valence-corrected chi connectivity index (χ4v) is 0.612. The Morgan fingerprint density at radius 3 is 1.86 bits per heavy atom. The summed E-state index contributed by atoms with van der Waals surface area (Å²) in [6, 6.07) is 0. The van der Waals surface area contributed by atoms with Gasteiger partial charge in [-0.2, -0.15) is 0 Å². The molecular weight excluding hydrogens is 175 g/mol. The van der Waals surface area contributed by atoms with Crippen LogP contribution in [0.3, 0.4) is 0 Å². The van der Waals surface area contributed by atoms with E-state index in [1.807, 2.05) is 53.7 Å². The molecule has 0 aromatic heterocycles. The molecular formula is C13H25F. The van der Waals surface area contributed by atoms with Gasteiger partial charge in [-0.25, -0.2) is 4.39 Å². The Labute approximate surface area is 89.2 Å². The summed E-state index contributed by atoms with van der Waals surface area (Å²) in [6.07, 6.45) is 6.10. The summed E-state index contributed by atoms with van der Waals surface area (Å²) in [5.41, 5.74) is 0.665. The average Bonchev–Trinajstić information content (AvgIpc) is 2.24. The molecule has 0 aliphatic rings. The molecule has 0 saturated carbocycles. The third-order valence-corrected chi connectivity index (χ3v) is 1.22.